The fourth-order valence-corrected chi connectivity index (χ4v) is 2.34. The predicted octanol–water partition coefficient (Wildman–Crippen LogP) is 0.152. The molecule has 1 aromatic carbocycles. The van der Waals surface area contributed by atoms with E-state index in [0.717, 1.165) is 10.2 Å². The molecule has 0 amide bonds. The second kappa shape index (κ2) is 5.37. The molecule has 0 saturated heterocycles. The number of nitrogens with one attached hydrogen (secondary N) is 1. The van der Waals surface area contributed by atoms with Crippen molar-refractivity contribution in [3.8, 4) is 0 Å². The molecular formula is C14H15N5O2. The van der Waals surface area contributed by atoms with Crippen molar-refractivity contribution in [1.29, 1.82) is 0 Å². The van der Waals surface area contributed by atoms with E-state index in [1.807, 2.05) is 30.3 Å². The molecule has 7 heteroatoms. The molecule has 3 rings (SSSR count). The maximum Gasteiger partial charge on any atom is 0.297 e. The number of benzene rings is 1. The number of rotatable bonds is 4. The third-order valence-electron chi connectivity index (χ3n) is 3.43. The third-order valence-corrected chi connectivity index (χ3v) is 3.43. The minimum atomic E-state index is -0.404. The van der Waals surface area contributed by atoms with Crippen LogP contribution in [0, 0.1) is 0 Å². The lowest BCUT2D eigenvalue weighted by Gasteiger charge is -2.16. The molecule has 2 aromatic heterocycles. The molecule has 0 unspecified atom stereocenters. The van der Waals surface area contributed by atoms with Crippen LogP contribution in [-0.2, 0) is 6.42 Å². The van der Waals surface area contributed by atoms with Crippen LogP contribution >= 0.6 is 0 Å². The smallest absolute Gasteiger partial charge is 0.297 e. The van der Waals surface area contributed by atoms with Crippen LogP contribution in [-0.4, -0.2) is 31.3 Å². The van der Waals surface area contributed by atoms with Crippen LogP contribution in [0.4, 0.5) is 0 Å². The average molecular weight is 285 g/mol. The first-order chi connectivity index (χ1) is 10.2. The minimum Gasteiger partial charge on any atom is -0.396 e. The molecule has 0 aliphatic heterocycles. The van der Waals surface area contributed by atoms with Crippen molar-refractivity contribution in [3.63, 3.8) is 0 Å². The molecule has 21 heavy (non-hydrogen) atoms. The maximum absolute atomic E-state index is 12.1. The minimum absolute atomic E-state index is 0.158. The Labute approximate surface area is 120 Å². The van der Waals surface area contributed by atoms with Crippen molar-refractivity contribution >= 4 is 11.2 Å². The fraction of sp³-hybridized carbons (Fsp3) is 0.214. The summed E-state index contributed by atoms with van der Waals surface area (Å²) in [6.45, 7) is -0.158. The number of nitrogens with zero attached hydrogens (tertiary/aromatic N) is 3. The van der Waals surface area contributed by atoms with E-state index in [1.165, 1.54) is 6.33 Å². The number of fused-ring (bicyclic) bond motifs is 1. The number of aromatic nitrogens is 4. The van der Waals surface area contributed by atoms with Crippen LogP contribution in [0.3, 0.4) is 0 Å². The van der Waals surface area contributed by atoms with E-state index >= 15 is 0 Å². The molecule has 7 nitrogen and oxygen atoms in total. The molecule has 2 heterocycles. The standard InChI is InChI=1S/C14H15N5O2/c15-19-13(18-12-11(14(19)21)16-8-17-12)10(7-20)6-9-4-2-1-3-5-9/h1-5,8,10,20H,6-7,15H2,(H,16,17)/t10-/m1/s1. The number of nitrogens with two attached hydrogens (primary N) is 1. The van der Waals surface area contributed by atoms with Gasteiger partial charge in [0, 0.05) is 5.92 Å². The first-order valence-electron chi connectivity index (χ1n) is 6.56. The zero-order valence-electron chi connectivity index (χ0n) is 11.2. The Morgan fingerprint density at radius 2 is 2.10 bits per heavy atom. The molecule has 0 fully saturated rings. The van der Waals surface area contributed by atoms with Crippen molar-refractivity contribution in [2.45, 2.75) is 12.3 Å². The molecule has 0 saturated carbocycles. The van der Waals surface area contributed by atoms with Gasteiger partial charge < -0.3 is 15.9 Å². The number of hydrogen-bond donors (Lipinski definition) is 3. The number of hydrogen-bond acceptors (Lipinski definition) is 5. The molecular weight excluding hydrogens is 270 g/mol. The van der Waals surface area contributed by atoms with Gasteiger partial charge in [0.15, 0.2) is 11.2 Å². The highest BCUT2D eigenvalue weighted by molar-refractivity contribution is 5.68. The summed E-state index contributed by atoms with van der Waals surface area (Å²) in [4.78, 5) is 23.1. The Hall–Kier alpha value is -2.67. The van der Waals surface area contributed by atoms with Gasteiger partial charge in [-0.25, -0.2) is 14.6 Å². The van der Waals surface area contributed by atoms with Gasteiger partial charge in [-0.2, -0.15) is 0 Å². The van der Waals surface area contributed by atoms with Crippen LogP contribution in [0.15, 0.2) is 41.5 Å². The van der Waals surface area contributed by atoms with E-state index in [-0.39, 0.29) is 18.0 Å². The fourth-order valence-electron chi connectivity index (χ4n) is 2.34. The van der Waals surface area contributed by atoms with E-state index in [4.69, 9.17) is 5.84 Å². The summed E-state index contributed by atoms with van der Waals surface area (Å²) in [6, 6.07) is 9.67. The van der Waals surface area contributed by atoms with Gasteiger partial charge in [0.05, 0.1) is 12.9 Å². The SMILES string of the molecule is Nn1c([C@@H](CO)Cc2ccccc2)nc2nc[nH]c2c1=O. The van der Waals surface area contributed by atoms with Gasteiger partial charge in [-0.3, -0.25) is 4.79 Å². The zero-order valence-corrected chi connectivity index (χ0v) is 11.2. The van der Waals surface area contributed by atoms with Gasteiger partial charge in [0.1, 0.15) is 5.82 Å². The van der Waals surface area contributed by atoms with Crippen molar-refractivity contribution in [2.75, 3.05) is 12.4 Å². The van der Waals surface area contributed by atoms with E-state index < -0.39 is 5.56 Å². The summed E-state index contributed by atoms with van der Waals surface area (Å²) in [6.07, 6.45) is 1.94. The number of aliphatic hydroxyl groups is 1. The summed E-state index contributed by atoms with van der Waals surface area (Å²) in [5, 5.41) is 9.64. The normalized spacial score (nSPS) is 12.6. The second-order valence-electron chi connectivity index (χ2n) is 4.82. The summed E-state index contributed by atoms with van der Waals surface area (Å²) in [5.74, 6) is 5.78. The van der Waals surface area contributed by atoms with Crippen LogP contribution in [0.25, 0.3) is 11.2 Å². The Morgan fingerprint density at radius 1 is 1.33 bits per heavy atom. The van der Waals surface area contributed by atoms with Crippen LogP contribution in [0.1, 0.15) is 17.3 Å². The highest BCUT2D eigenvalue weighted by Gasteiger charge is 2.20. The van der Waals surface area contributed by atoms with Crippen molar-refractivity contribution in [3.05, 3.63) is 58.4 Å². The summed E-state index contributed by atoms with van der Waals surface area (Å²) < 4.78 is 0.977. The lowest BCUT2D eigenvalue weighted by Crippen LogP contribution is -2.34. The number of imidazole rings is 1. The monoisotopic (exact) mass is 285 g/mol. The maximum atomic E-state index is 12.1. The molecule has 1 atom stereocenters. The largest absolute Gasteiger partial charge is 0.396 e. The van der Waals surface area contributed by atoms with E-state index in [9.17, 15) is 9.90 Å². The number of nitrogen functional groups attached to an aromatic ring is 1. The van der Waals surface area contributed by atoms with Gasteiger partial charge in [-0.1, -0.05) is 30.3 Å². The molecule has 0 bridgehead atoms. The number of aliphatic hydroxyl groups excluding tert-OH is 1. The van der Waals surface area contributed by atoms with Crippen LogP contribution < -0.4 is 11.4 Å². The second-order valence-corrected chi connectivity index (χ2v) is 4.82. The predicted molar refractivity (Wildman–Crippen MR) is 78.3 cm³/mol. The van der Waals surface area contributed by atoms with Gasteiger partial charge in [-0.05, 0) is 12.0 Å². The van der Waals surface area contributed by atoms with Gasteiger partial charge in [0.2, 0.25) is 0 Å². The molecule has 0 aliphatic rings. The van der Waals surface area contributed by atoms with Crippen LogP contribution in [0.5, 0.6) is 0 Å². The van der Waals surface area contributed by atoms with Crippen LogP contribution in [0.2, 0.25) is 0 Å². The number of aromatic amines is 1. The summed E-state index contributed by atoms with van der Waals surface area (Å²) in [5.41, 5.74) is 1.20. The van der Waals surface area contributed by atoms with Gasteiger partial charge in [0.25, 0.3) is 5.56 Å². The lowest BCUT2D eigenvalue weighted by atomic mass is 9.99. The molecule has 0 radical (unpaired) electrons. The topological polar surface area (TPSA) is 110 Å². The van der Waals surface area contributed by atoms with E-state index in [1.54, 1.807) is 0 Å². The van der Waals surface area contributed by atoms with Gasteiger partial charge >= 0.3 is 0 Å². The van der Waals surface area contributed by atoms with E-state index in [2.05, 4.69) is 15.0 Å². The molecule has 0 spiro atoms. The van der Waals surface area contributed by atoms with Crippen molar-refractivity contribution in [1.82, 2.24) is 19.6 Å². The van der Waals surface area contributed by atoms with Crippen molar-refractivity contribution in [2.24, 2.45) is 0 Å². The molecule has 108 valence electrons. The Kier molecular flexibility index (Phi) is 3.41. The van der Waals surface area contributed by atoms with E-state index in [0.29, 0.717) is 17.9 Å². The lowest BCUT2D eigenvalue weighted by molar-refractivity contribution is 0.257. The van der Waals surface area contributed by atoms with Crippen molar-refractivity contribution < 1.29 is 5.11 Å². The highest BCUT2D eigenvalue weighted by Crippen LogP contribution is 2.18. The summed E-state index contributed by atoms with van der Waals surface area (Å²) >= 11 is 0. The Balaban J connectivity index is 2.04. The Bertz CT molecular complexity index is 809. The quantitative estimate of drug-likeness (QED) is 0.591. The highest BCUT2D eigenvalue weighted by atomic mass is 16.3. The molecule has 0 aliphatic carbocycles. The Morgan fingerprint density at radius 3 is 2.81 bits per heavy atom. The first kappa shape index (κ1) is 13.3. The number of H-pyrrole nitrogens is 1. The summed E-state index contributed by atoms with van der Waals surface area (Å²) in [7, 11) is 0. The average Bonchev–Trinajstić information content (AvgIpc) is 2.98. The van der Waals surface area contributed by atoms with Gasteiger partial charge in [-0.15, -0.1) is 0 Å². The first-order valence-corrected chi connectivity index (χ1v) is 6.56. The molecule has 4 N–H and O–H groups in total. The molecule has 3 aromatic rings. The third kappa shape index (κ3) is 2.38. The zero-order chi connectivity index (χ0) is 14.8.